The zero-order chi connectivity index (χ0) is 56.7. The summed E-state index contributed by atoms with van der Waals surface area (Å²) < 4.78 is 22.8. The first-order valence-electron chi connectivity index (χ1n) is 32.6. The highest BCUT2D eigenvalue weighted by Gasteiger charge is 2.51. The third-order valence-corrected chi connectivity index (χ3v) is 16.1. The van der Waals surface area contributed by atoms with Gasteiger partial charge in [-0.1, -0.05) is 256 Å². The summed E-state index contributed by atoms with van der Waals surface area (Å²) in [5.41, 5.74) is 0. The molecule has 2 aliphatic rings. The summed E-state index contributed by atoms with van der Waals surface area (Å²) in [6.07, 6.45) is 43.7. The fourth-order valence-electron chi connectivity index (χ4n) is 10.9. The Morgan fingerprint density at radius 1 is 0.449 bits per heavy atom. The average Bonchev–Trinajstić information content (AvgIpc) is 3.48. The average molecular weight is 1110 g/mol. The van der Waals surface area contributed by atoms with Gasteiger partial charge in [0, 0.05) is 6.42 Å². The molecule has 2 aliphatic heterocycles. The summed E-state index contributed by atoms with van der Waals surface area (Å²) in [7, 11) is 0. The molecule has 460 valence electrons. The number of aliphatic hydroxyl groups excluding tert-OH is 8. The van der Waals surface area contributed by atoms with Gasteiger partial charge in [0.15, 0.2) is 12.6 Å². The Bertz CT molecular complexity index is 1400. The van der Waals surface area contributed by atoms with Gasteiger partial charge in [0.1, 0.15) is 48.8 Å². The van der Waals surface area contributed by atoms with Gasteiger partial charge in [-0.3, -0.25) is 4.79 Å². The Hall–Kier alpha value is -1.53. The molecule has 0 radical (unpaired) electrons. The van der Waals surface area contributed by atoms with Gasteiger partial charge in [0.2, 0.25) is 5.91 Å². The number of unbranched alkanes of at least 4 members (excludes halogenated alkanes) is 38. The van der Waals surface area contributed by atoms with E-state index in [2.05, 4.69) is 31.3 Å². The van der Waals surface area contributed by atoms with E-state index < -0.39 is 86.8 Å². The van der Waals surface area contributed by atoms with Crippen LogP contribution in [0.4, 0.5) is 0 Å². The van der Waals surface area contributed by atoms with Crippen LogP contribution in [0.1, 0.15) is 284 Å². The molecule has 78 heavy (non-hydrogen) atoms. The summed E-state index contributed by atoms with van der Waals surface area (Å²) in [4.78, 5) is 13.3. The fraction of sp³-hybridized carbons (Fsp3) is 0.922. The van der Waals surface area contributed by atoms with Crippen molar-refractivity contribution >= 4 is 5.91 Å². The second kappa shape index (κ2) is 50.0. The Balaban J connectivity index is 1.70. The highest BCUT2D eigenvalue weighted by Crippen LogP contribution is 2.30. The fourth-order valence-corrected chi connectivity index (χ4v) is 10.9. The minimum Gasteiger partial charge on any atom is -0.394 e. The van der Waals surface area contributed by atoms with E-state index in [0.29, 0.717) is 6.42 Å². The third-order valence-electron chi connectivity index (χ3n) is 16.1. The molecule has 2 saturated heterocycles. The summed E-state index contributed by atoms with van der Waals surface area (Å²) in [5, 5.41) is 87.2. The van der Waals surface area contributed by atoms with Crippen molar-refractivity contribution in [1.29, 1.82) is 0 Å². The number of carbonyl (C=O) groups is 1. The molecule has 0 aromatic heterocycles. The second-order valence-electron chi connectivity index (χ2n) is 23.2. The number of rotatable bonds is 53. The summed E-state index contributed by atoms with van der Waals surface area (Å²) >= 11 is 0. The van der Waals surface area contributed by atoms with Crippen molar-refractivity contribution in [3.63, 3.8) is 0 Å². The maximum atomic E-state index is 13.3. The van der Waals surface area contributed by atoms with Crippen molar-refractivity contribution in [2.75, 3.05) is 19.8 Å². The van der Waals surface area contributed by atoms with Crippen LogP contribution in [0.5, 0.6) is 0 Å². The maximum absolute atomic E-state index is 13.3. The van der Waals surface area contributed by atoms with Gasteiger partial charge < -0.3 is 65.1 Å². The molecule has 14 nitrogen and oxygen atoms in total. The first-order chi connectivity index (χ1) is 38.1. The lowest BCUT2D eigenvalue weighted by atomic mass is 9.97. The zero-order valence-corrected chi connectivity index (χ0v) is 49.7. The van der Waals surface area contributed by atoms with E-state index in [4.69, 9.17) is 18.9 Å². The lowest BCUT2D eigenvalue weighted by Gasteiger charge is -2.46. The van der Waals surface area contributed by atoms with Crippen molar-refractivity contribution in [2.24, 2.45) is 0 Å². The van der Waals surface area contributed by atoms with Crippen LogP contribution >= 0.6 is 0 Å². The highest BCUT2D eigenvalue weighted by molar-refractivity contribution is 5.76. The van der Waals surface area contributed by atoms with E-state index in [1.807, 2.05) is 6.08 Å². The van der Waals surface area contributed by atoms with E-state index in [1.165, 1.54) is 199 Å². The molecule has 0 aromatic carbocycles. The van der Waals surface area contributed by atoms with Gasteiger partial charge in [0.05, 0.1) is 32.0 Å². The number of hydrogen-bond donors (Lipinski definition) is 9. The number of ether oxygens (including phenoxy) is 4. The van der Waals surface area contributed by atoms with Gasteiger partial charge in [-0.05, 0) is 44.9 Å². The molecule has 0 bridgehead atoms. The van der Waals surface area contributed by atoms with Crippen LogP contribution in [0, 0.1) is 0 Å². The molecule has 2 rings (SSSR count). The normalized spacial score (nSPS) is 24.6. The number of amides is 1. The monoisotopic (exact) mass is 1110 g/mol. The van der Waals surface area contributed by atoms with Crippen LogP contribution in [0.2, 0.25) is 0 Å². The molecular formula is C64H121NO13. The smallest absolute Gasteiger partial charge is 0.220 e. The summed E-state index contributed by atoms with van der Waals surface area (Å²) in [5.74, 6) is -0.244. The highest BCUT2D eigenvalue weighted by atomic mass is 16.7. The van der Waals surface area contributed by atoms with Gasteiger partial charge in [-0.2, -0.15) is 0 Å². The molecule has 0 aliphatic carbocycles. The van der Waals surface area contributed by atoms with Gasteiger partial charge in [-0.15, -0.1) is 0 Å². The Kier molecular flexibility index (Phi) is 46.5. The molecule has 14 heteroatoms. The molecule has 0 aromatic rings. The van der Waals surface area contributed by atoms with Crippen LogP contribution in [0.3, 0.4) is 0 Å². The van der Waals surface area contributed by atoms with Crippen LogP contribution < -0.4 is 5.32 Å². The SMILES string of the molecule is CCCCCCCCC/C=C\CCCCCCCC(=O)NC(COC1OC(CO)C(OC2OC(CO)C(O)C(O)C2O)C(O)C1O)C(O)/C=C/CCCCCCCCCCCCCCCCCCCCCCCCCCCC. The number of carbonyl (C=O) groups excluding carboxylic acids is 1. The first-order valence-corrected chi connectivity index (χ1v) is 32.6. The molecule has 2 fully saturated rings. The van der Waals surface area contributed by atoms with E-state index in [0.717, 1.165) is 57.8 Å². The van der Waals surface area contributed by atoms with Crippen molar-refractivity contribution in [2.45, 2.75) is 357 Å². The molecule has 2 heterocycles. The quantitative estimate of drug-likeness (QED) is 0.0204. The molecule has 0 saturated carbocycles. The predicted molar refractivity (Wildman–Crippen MR) is 314 cm³/mol. The first kappa shape index (κ1) is 72.6. The number of hydrogen-bond acceptors (Lipinski definition) is 13. The number of allylic oxidation sites excluding steroid dienone is 3. The molecular weight excluding hydrogens is 991 g/mol. The lowest BCUT2D eigenvalue weighted by molar-refractivity contribution is -0.359. The van der Waals surface area contributed by atoms with Gasteiger partial charge in [-0.25, -0.2) is 0 Å². The molecule has 0 spiro atoms. The predicted octanol–water partition coefficient (Wildman–Crippen LogP) is 12.0. The molecule has 12 unspecified atom stereocenters. The van der Waals surface area contributed by atoms with Crippen LogP contribution in [0.25, 0.3) is 0 Å². The van der Waals surface area contributed by atoms with Gasteiger partial charge >= 0.3 is 0 Å². The van der Waals surface area contributed by atoms with Crippen LogP contribution in [-0.2, 0) is 23.7 Å². The summed E-state index contributed by atoms with van der Waals surface area (Å²) in [6, 6.07) is -0.917. The number of aliphatic hydroxyl groups is 8. The van der Waals surface area contributed by atoms with Crippen molar-refractivity contribution in [3.8, 4) is 0 Å². The topological polar surface area (TPSA) is 228 Å². The number of nitrogens with one attached hydrogen (secondary N) is 1. The van der Waals surface area contributed by atoms with E-state index >= 15 is 0 Å². The molecule has 12 atom stereocenters. The Morgan fingerprint density at radius 3 is 1.22 bits per heavy atom. The van der Waals surface area contributed by atoms with Crippen molar-refractivity contribution < 1.29 is 64.6 Å². The third kappa shape index (κ3) is 34.8. The van der Waals surface area contributed by atoms with Crippen molar-refractivity contribution in [1.82, 2.24) is 5.32 Å². The lowest BCUT2D eigenvalue weighted by Crippen LogP contribution is -2.65. The molecule has 1 amide bonds. The van der Waals surface area contributed by atoms with Crippen LogP contribution in [0.15, 0.2) is 24.3 Å². The minimum absolute atomic E-state index is 0.244. The van der Waals surface area contributed by atoms with Crippen molar-refractivity contribution in [3.05, 3.63) is 24.3 Å². The Labute approximate surface area is 475 Å². The van der Waals surface area contributed by atoms with E-state index in [9.17, 15) is 45.6 Å². The summed E-state index contributed by atoms with van der Waals surface area (Å²) in [6.45, 7) is 2.82. The second-order valence-corrected chi connectivity index (χ2v) is 23.2. The minimum atomic E-state index is -1.79. The Morgan fingerprint density at radius 2 is 0.808 bits per heavy atom. The van der Waals surface area contributed by atoms with Gasteiger partial charge in [0.25, 0.3) is 0 Å². The van der Waals surface area contributed by atoms with E-state index in [1.54, 1.807) is 6.08 Å². The van der Waals surface area contributed by atoms with E-state index in [-0.39, 0.29) is 18.9 Å². The zero-order valence-electron chi connectivity index (χ0n) is 49.7. The maximum Gasteiger partial charge on any atom is 0.220 e. The van der Waals surface area contributed by atoms with Crippen LogP contribution in [-0.4, -0.2) is 140 Å². The largest absolute Gasteiger partial charge is 0.394 e. The standard InChI is InChI=1S/C64H121NO13/c1-3-5-7-9-11-13-15-17-19-21-22-23-24-25-26-27-28-29-30-31-32-33-35-37-39-41-43-45-47-53(68)52(65-56(69)48-46-44-42-40-38-36-34-20-18-16-14-12-10-8-6-4-2)51-75-63-61(74)59(72)62(55(50-67)77-63)78-64-60(73)58(71)57(70)54(49-66)76-64/h20,34,45,47,52-55,57-64,66-68,70-74H,3-19,21-33,35-44,46,48-51H2,1-2H3,(H,65,69)/b34-20-,47-45+. The molecule has 9 N–H and O–H groups in total.